The molecule has 0 fully saturated rings. The number of ether oxygens (including phenoxy) is 1. The van der Waals surface area contributed by atoms with Crippen molar-refractivity contribution in [3.8, 4) is 0 Å². The van der Waals surface area contributed by atoms with E-state index in [2.05, 4.69) is 12.2 Å². The molecule has 0 aliphatic carbocycles. The van der Waals surface area contributed by atoms with Gasteiger partial charge in [0.15, 0.2) is 6.10 Å². The van der Waals surface area contributed by atoms with Crippen LogP contribution in [0.2, 0.25) is 0 Å². The number of nitrogens with zero attached hydrogens (tertiary/aromatic N) is 1. The van der Waals surface area contributed by atoms with Crippen molar-refractivity contribution in [3.05, 3.63) is 101 Å². The average molecular weight is 553 g/mol. The van der Waals surface area contributed by atoms with Crippen molar-refractivity contribution < 1.29 is 28.2 Å². The van der Waals surface area contributed by atoms with Crippen molar-refractivity contribution >= 4 is 17.7 Å². The van der Waals surface area contributed by atoms with E-state index in [-0.39, 0.29) is 18.7 Å². The number of rotatable bonds is 16. The van der Waals surface area contributed by atoms with Gasteiger partial charge in [-0.05, 0) is 41.7 Å². The Kier molecular flexibility index (Phi) is 12.6. The van der Waals surface area contributed by atoms with Gasteiger partial charge in [0.05, 0.1) is 12.3 Å². The van der Waals surface area contributed by atoms with E-state index in [4.69, 9.17) is 4.74 Å². The summed E-state index contributed by atoms with van der Waals surface area (Å²) in [5.41, 5.74) is 2.67. The van der Waals surface area contributed by atoms with Gasteiger partial charge in [-0.3, -0.25) is 0 Å². The fourth-order valence-electron chi connectivity index (χ4n) is 4.31. The Labute approximate surface area is 235 Å². The Morgan fingerprint density at radius 3 is 2.25 bits per heavy atom. The summed E-state index contributed by atoms with van der Waals surface area (Å²) in [7, 11) is 0. The summed E-state index contributed by atoms with van der Waals surface area (Å²) < 4.78 is 33.0. The Bertz CT molecular complexity index is 1210. The van der Waals surface area contributed by atoms with Crippen LogP contribution in [-0.2, 0) is 29.0 Å². The number of carboxylic acid groups (broad SMARTS) is 1. The van der Waals surface area contributed by atoms with E-state index in [0.717, 1.165) is 60.9 Å². The minimum absolute atomic E-state index is 0.0609. The molecule has 0 aliphatic heterocycles. The molecule has 1 atom stereocenters. The number of nitrogens with one attached hydrogen (secondary N) is 1. The van der Waals surface area contributed by atoms with Gasteiger partial charge in [0, 0.05) is 25.6 Å². The van der Waals surface area contributed by atoms with Crippen LogP contribution < -0.4 is 5.32 Å². The lowest BCUT2D eigenvalue weighted by atomic mass is 10.0. The molecular weight excluding hydrogens is 514 g/mol. The summed E-state index contributed by atoms with van der Waals surface area (Å²) >= 11 is 0. The Morgan fingerprint density at radius 1 is 0.875 bits per heavy atom. The maximum Gasteiger partial charge on any atom is 0.333 e. The number of benzene rings is 3. The van der Waals surface area contributed by atoms with Crippen LogP contribution in [0.3, 0.4) is 0 Å². The number of carboxylic acids is 1. The van der Waals surface area contributed by atoms with E-state index < -0.39 is 29.7 Å². The van der Waals surface area contributed by atoms with Crippen LogP contribution in [0.5, 0.6) is 0 Å². The summed E-state index contributed by atoms with van der Waals surface area (Å²) in [6, 6.07) is 19.7. The first-order chi connectivity index (χ1) is 19.4. The number of halogens is 2. The zero-order valence-corrected chi connectivity index (χ0v) is 23.0. The van der Waals surface area contributed by atoms with Gasteiger partial charge in [-0.25, -0.2) is 18.4 Å². The molecule has 214 valence electrons. The second-order valence-electron chi connectivity index (χ2n) is 9.85. The van der Waals surface area contributed by atoms with Gasteiger partial charge >= 0.3 is 12.0 Å². The maximum atomic E-state index is 14.1. The number of hydrogen-bond acceptors (Lipinski definition) is 3. The molecule has 0 aliphatic rings. The van der Waals surface area contributed by atoms with Crippen molar-refractivity contribution in [2.45, 2.75) is 64.6 Å². The predicted molar refractivity (Wildman–Crippen MR) is 152 cm³/mol. The van der Waals surface area contributed by atoms with Crippen LogP contribution in [0.25, 0.3) is 0 Å². The third-order valence-electron chi connectivity index (χ3n) is 6.68. The Hall–Kier alpha value is -3.78. The molecule has 0 bridgehead atoms. The molecule has 6 nitrogen and oxygen atoms in total. The first-order valence-electron chi connectivity index (χ1n) is 13.8. The van der Waals surface area contributed by atoms with Crippen LogP contribution in [0.15, 0.2) is 72.8 Å². The molecule has 40 heavy (non-hydrogen) atoms. The molecule has 8 heteroatoms. The monoisotopic (exact) mass is 552 g/mol. The maximum absolute atomic E-state index is 14.1. The molecule has 2 N–H and O–H groups in total. The molecule has 3 aromatic rings. The fraction of sp³-hybridized carbons (Fsp3) is 0.375. The molecule has 0 aromatic heterocycles. The van der Waals surface area contributed by atoms with Crippen molar-refractivity contribution in [3.63, 3.8) is 0 Å². The molecule has 2 amide bonds. The second-order valence-corrected chi connectivity index (χ2v) is 9.85. The summed E-state index contributed by atoms with van der Waals surface area (Å²) in [5.74, 6) is -2.54. The van der Waals surface area contributed by atoms with Gasteiger partial charge in [0.2, 0.25) is 0 Å². The molecule has 0 radical (unpaired) electrons. The summed E-state index contributed by atoms with van der Waals surface area (Å²) in [5, 5.41) is 12.2. The van der Waals surface area contributed by atoms with Gasteiger partial charge in [0.1, 0.15) is 11.6 Å². The van der Waals surface area contributed by atoms with Crippen LogP contribution in [-0.4, -0.2) is 41.2 Å². The lowest BCUT2D eigenvalue weighted by Crippen LogP contribution is -2.37. The number of amides is 2. The average Bonchev–Trinajstić information content (AvgIpc) is 2.95. The number of urea groups is 1. The number of carbonyl (C=O) groups excluding carboxylic acids is 1. The molecule has 0 saturated heterocycles. The molecule has 3 aromatic carbocycles. The number of anilines is 1. The lowest BCUT2D eigenvalue weighted by molar-refractivity contribution is -0.151. The van der Waals surface area contributed by atoms with Crippen molar-refractivity contribution in [1.29, 1.82) is 0 Å². The summed E-state index contributed by atoms with van der Waals surface area (Å²) in [6.45, 7) is 3.30. The highest BCUT2D eigenvalue weighted by Gasteiger charge is 2.19. The van der Waals surface area contributed by atoms with E-state index in [9.17, 15) is 23.5 Å². The lowest BCUT2D eigenvalue weighted by Gasteiger charge is -2.23. The second kappa shape index (κ2) is 16.4. The first kappa shape index (κ1) is 30.8. The van der Waals surface area contributed by atoms with E-state index in [0.29, 0.717) is 19.5 Å². The predicted octanol–water partition coefficient (Wildman–Crippen LogP) is 7.22. The van der Waals surface area contributed by atoms with E-state index >= 15 is 0 Å². The molecule has 0 heterocycles. The fourth-order valence-corrected chi connectivity index (χ4v) is 4.31. The quantitative estimate of drug-likeness (QED) is 0.184. The standard InChI is InChI=1S/C32H38F2N2O4/c1-2-3-4-5-9-19-36(32(39)35-29-17-16-27(33)22-28(29)34)20-18-24-12-14-25(15-13-24)21-30(31(37)38)40-23-26-10-7-6-8-11-26/h6-8,10-17,22,30H,2-5,9,18-21,23H2,1H3,(H,35,39)(H,37,38). The normalized spacial score (nSPS) is 11.7. The highest BCUT2D eigenvalue weighted by molar-refractivity contribution is 5.89. The van der Waals surface area contributed by atoms with E-state index in [1.54, 1.807) is 4.90 Å². The molecule has 3 rings (SSSR count). The third-order valence-corrected chi connectivity index (χ3v) is 6.68. The van der Waals surface area contributed by atoms with E-state index in [1.807, 2.05) is 54.6 Å². The smallest absolute Gasteiger partial charge is 0.333 e. The van der Waals surface area contributed by atoms with Gasteiger partial charge in [0.25, 0.3) is 0 Å². The largest absolute Gasteiger partial charge is 0.479 e. The van der Waals surface area contributed by atoms with Crippen molar-refractivity contribution in [1.82, 2.24) is 4.90 Å². The van der Waals surface area contributed by atoms with Gasteiger partial charge in [-0.1, -0.05) is 87.2 Å². The number of aliphatic carboxylic acids is 1. The van der Waals surface area contributed by atoms with Crippen LogP contribution in [0.4, 0.5) is 19.3 Å². The van der Waals surface area contributed by atoms with Crippen molar-refractivity contribution in [2.75, 3.05) is 18.4 Å². The minimum Gasteiger partial charge on any atom is -0.479 e. The first-order valence-corrected chi connectivity index (χ1v) is 13.8. The molecule has 1 unspecified atom stereocenters. The van der Waals surface area contributed by atoms with Gasteiger partial charge in [-0.15, -0.1) is 0 Å². The SMILES string of the molecule is CCCCCCCN(CCc1ccc(CC(OCc2ccccc2)C(=O)O)cc1)C(=O)Nc1ccc(F)cc1F. The van der Waals surface area contributed by atoms with Crippen LogP contribution in [0.1, 0.15) is 55.7 Å². The summed E-state index contributed by atoms with van der Waals surface area (Å²) in [4.78, 5) is 26.4. The molecule has 0 spiro atoms. The Balaban J connectivity index is 1.57. The van der Waals surface area contributed by atoms with Gasteiger partial charge < -0.3 is 20.1 Å². The van der Waals surface area contributed by atoms with Crippen LogP contribution >= 0.6 is 0 Å². The number of unbranched alkanes of at least 4 members (excludes halogenated alkanes) is 4. The molecule has 0 saturated carbocycles. The Morgan fingerprint density at radius 2 is 1.57 bits per heavy atom. The van der Waals surface area contributed by atoms with Crippen molar-refractivity contribution in [2.24, 2.45) is 0 Å². The molecular formula is C32H38F2N2O4. The minimum atomic E-state index is -1.02. The van der Waals surface area contributed by atoms with Gasteiger partial charge in [-0.2, -0.15) is 0 Å². The highest BCUT2D eigenvalue weighted by Crippen LogP contribution is 2.17. The zero-order valence-electron chi connectivity index (χ0n) is 23.0. The number of hydrogen-bond donors (Lipinski definition) is 2. The summed E-state index contributed by atoms with van der Waals surface area (Å²) in [6.07, 6.45) is 5.01. The third kappa shape index (κ3) is 10.4. The van der Waals surface area contributed by atoms with E-state index in [1.165, 1.54) is 6.07 Å². The highest BCUT2D eigenvalue weighted by atomic mass is 19.1. The zero-order chi connectivity index (χ0) is 28.7. The number of carbonyl (C=O) groups is 2. The van der Waals surface area contributed by atoms with Crippen LogP contribution in [0, 0.1) is 11.6 Å². The topological polar surface area (TPSA) is 78.9 Å².